The number of rotatable bonds is 2. The van der Waals surface area contributed by atoms with Gasteiger partial charge < -0.3 is 9.73 Å². The van der Waals surface area contributed by atoms with Gasteiger partial charge in [0.25, 0.3) is 0 Å². The lowest BCUT2D eigenvalue weighted by molar-refractivity contribution is -0.120. The predicted octanol–water partition coefficient (Wildman–Crippen LogP) is 2.27. The molecule has 4 nitrogen and oxygen atoms in total. The molecule has 1 aromatic heterocycles. The van der Waals surface area contributed by atoms with Gasteiger partial charge in [0, 0.05) is 12.4 Å². The van der Waals surface area contributed by atoms with Crippen LogP contribution in [0.3, 0.4) is 0 Å². The van der Waals surface area contributed by atoms with Gasteiger partial charge in [0.2, 0.25) is 11.8 Å². The summed E-state index contributed by atoms with van der Waals surface area (Å²) >= 11 is 0. The number of aromatic nitrogens is 1. The number of amides is 1. The Bertz CT molecular complexity index is 731. The molecule has 0 spiro atoms. The van der Waals surface area contributed by atoms with Crippen LogP contribution in [0, 0.1) is 0 Å². The lowest BCUT2D eigenvalue weighted by atomic mass is 10.1. The molecule has 1 amide bonds. The van der Waals surface area contributed by atoms with E-state index in [1.165, 1.54) is 0 Å². The fraction of sp³-hybridized carbons (Fsp3) is 0.143. The highest BCUT2D eigenvalue weighted by Gasteiger charge is 2.11. The minimum atomic E-state index is -0.106. The SMILES string of the molecule is CNC(=O)Cc1nc2c(ccc3ccccc32)o1. The molecule has 0 radical (unpaired) electrons. The Balaban J connectivity index is 2.16. The quantitative estimate of drug-likeness (QED) is 0.747. The Kier molecular flexibility index (Phi) is 2.48. The molecule has 3 rings (SSSR count). The van der Waals surface area contributed by atoms with Gasteiger partial charge in [-0.2, -0.15) is 0 Å². The molecule has 0 fully saturated rings. The second kappa shape index (κ2) is 4.14. The third kappa shape index (κ3) is 1.72. The van der Waals surface area contributed by atoms with Gasteiger partial charge in [-0.05, 0) is 11.5 Å². The van der Waals surface area contributed by atoms with Crippen LogP contribution in [0.2, 0.25) is 0 Å². The number of hydrogen-bond donors (Lipinski definition) is 1. The highest BCUT2D eigenvalue weighted by atomic mass is 16.3. The molecule has 0 aliphatic heterocycles. The van der Waals surface area contributed by atoms with Gasteiger partial charge in [-0.15, -0.1) is 0 Å². The third-order valence-electron chi connectivity index (χ3n) is 2.92. The minimum absolute atomic E-state index is 0.106. The molecular formula is C14H12N2O2. The van der Waals surface area contributed by atoms with E-state index in [0.29, 0.717) is 11.5 Å². The summed E-state index contributed by atoms with van der Waals surface area (Å²) in [5.41, 5.74) is 1.53. The summed E-state index contributed by atoms with van der Waals surface area (Å²) in [5.74, 6) is 0.339. The van der Waals surface area contributed by atoms with E-state index in [1.54, 1.807) is 7.05 Å². The van der Waals surface area contributed by atoms with Gasteiger partial charge in [0.1, 0.15) is 11.9 Å². The minimum Gasteiger partial charge on any atom is -0.440 e. The second-order valence-corrected chi connectivity index (χ2v) is 4.09. The summed E-state index contributed by atoms with van der Waals surface area (Å²) in [6.07, 6.45) is 0.166. The molecule has 0 saturated heterocycles. The molecule has 1 N–H and O–H groups in total. The van der Waals surface area contributed by atoms with E-state index in [1.807, 2.05) is 36.4 Å². The number of carbonyl (C=O) groups excluding carboxylic acids is 1. The van der Waals surface area contributed by atoms with Crippen molar-refractivity contribution in [3.8, 4) is 0 Å². The average molecular weight is 240 g/mol. The van der Waals surface area contributed by atoms with Crippen molar-refractivity contribution in [3.05, 3.63) is 42.3 Å². The zero-order chi connectivity index (χ0) is 12.5. The van der Waals surface area contributed by atoms with E-state index in [0.717, 1.165) is 16.3 Å². The Hall–Kier alpha value is -2.36. The molecule has 0 bridgehead atoms. The Morgan fingerprint density at radius 3 is 2.94 bits per heavy atom. The number of fused-ring (bicyclic) bond motifs is 3. The van der Waals surface area contributed by atoms with Gasteiger partial charge in [0.05, 0.1) is 0 Å². The van der Waals surface area contributed by atoms with Crippen LogP contribution in [-0.2, 0) is 11.2 Å². The smallest absolute Gasteiger partial charge is 0.229 e. The monoisotopic (exact) mass is 240 g/mol. The Morgan fingerprint density at radius 2 is 2.11 bits per heavy atom. The number of hydrogen-bond acceptors (Lipinski definition) is 3. The van der Waals surface area contributed by atoms with E-state index in [9.17, 15) is 4.79 Å². The topological polar surface area (TPSA) is 55.1 Å². The number of carbonyl (C=O) groups is 1. The molecule has 0 aliphatic rings. The summed E-state index contributed by atoms with van der Waals surface area (Å²) in [6, 6.07) is 11.9. The maximum absolute atomic E-state index is 11.3. The summed E-state index contributed by atoms with van der Waals surface area (Å²) < 4.78 is 5.58. The molecule has 0 saturated carbocycles. The Labute approximate surface area is 104 Å². The van der Waals surface area contributed by atoms with E-state index < -0.39 is 0 Å². The van der Waals surface area contributed by atoms with Crippen molar-refractivity contribution < 1.29 is 9.21 Å². The Morgan fingerprint density at radius 1 is 1.28 bits per heavy atom. The largest absolute Gasteiger partial charge is 0.440 e. The summed E-state index contributed by atoms with van der Waals surface area (Å²) in [5, 5.41) is 4.72. The van der Waals surface area contributed by atoms with Gasteiger partial charge >= 0.3 is 0 Å². The first-order valence-corrected chi connectivity index (χ1v) is 5.75. The van der Waals surface area contributed by atoms with Gasteiger partial charge in [0.15, 0.2) is 5.58 Å². The van der Waals surface area contributed by atoms with Gasteiger partial charge in [-0.1, -0.05) is 30.3 Å². The van der Waals surface area contributed by atoms with E-state index in [2.05, 4.69) is 10.3 Å². The second-order valence-electron chi connectivity index (χ2n) is 4.09. The summed E-state index contributed by atoms with van der Waals surface area (Å²) in [6.45, 7) is 0. The van der Waals surface area contributed by atoms with Crippen LogP contribution >= 0.6 is 0 Å². The van der Waals surface area contributed by atoms with Crippen LogP contribution in [0.15, 0.2) is 40.8 Å². The van der Waals surface area contributed by atoms with Crippen LogP contribution in [0.1, 0.15) is 5.89 Å². The molecule has 18 heavy (non-hydrogen) atoms. The van der Waals surface area contributed by atoms with Crippen molar-refractivity contribution in [2.75, 3.05) is 7.05 Å². The van der Waals surface area contributed by atoms with Crippen molar-refractivity contribution >= 4 is 27.8 Å². The number of nitrogens with zero attached hydrogens (tertiary/aromatic N) is 1. The normalized spacial score (nSPS) is 10.9. The first-order chi connectivity index (χ1) is 8.78. The molecule has 90 valence electrons. The molecular weight excluding hydrogens is 228 g/mol. The standard InChI is InChI=1S/C14H12N2O2/c1-15-12(17)8-13-16-14-10-5-3-2-4-9(10)6-7-11(14)18-13/h2-7H,8H2,1H3,(H,15,17). The fourth-order valence-corrected chi connectivity index (χ4v) is 2.01. The van der Waals surface area contributed by atoms with Crippen molar-refractivity contribution in [3.63, 3.8) is 0 Å². The molecule has 1 heterocycles. The van der Waals surface area contributed by atoms with E-state index in [-0.39, 0.29) is 12.3 Å². The zero-order valence-corrected chi connectivity index (χ0v) is 9.93. The highest BCUT2D eigenvalue weighted by Crippen LogP contribution is 2.25. The number of oxazole rings is 1. The molecule has 0 unspecified atom stereocenters. The van der Waals surface area contributed by atoms with Crippen LogP contribution in [0.5, 0.6) is 0 Å². The van der Waals surface area contributed by atoms with E-state index in [4.69, 9.17) is 4.42 Å². The van der Waals surface area contributed by atoms with E-state index >= 15 is 0 Å². The molecule has 0 atom stereocenters. The molecule has 0 aliphatic carbocycles. The van der Waals surface area contributed by atoms with Gasteiger partial charge in [-0.25, -0.2) is 4.98 Å². The van der Waals surface area contributed by atoms with Crippen molar-refractivity contribution in [1.29, 1.82) is 0 Å². The van der Waals surface area contributed by atoms with Crippen LogP contribution in [0.25, 0.3) is 21.9 Å². The highest BCUT2D eigenvalue weighted by molar-refractivity contribution is 6.03. The van der Waals surface area contributed by atoms with Crippen LogP contribution in [-0.4, -0.2) is 17.9 Å². The summed E-state index contributed by atoms with van der Waals surface area (Å²) in [4.78, 5) is 15.7. The zero-order valence-electron chi connectivity index (χ0n) is 9.93. The van der Waals surface area contributed by atoms with Crippen molar-refractivity contribution in [2.24, 2.45) is 0 Å². The number of benzene rings is 2. The van der Waals surface area contributed by atoms with Crippen molar-refractivity contribution in [1.82, 2.24) is 10.3 Å². The predicted molar refractivity (Wildman–Crippen MR) is 69.3 cm³/mol. The van der Waals surface area contributed by atoms with Crippen LogP contribution in [0.4, 0.5) is 0 Å². The first-order valence-electron chi connectivity index (χ1n) is 5.75. The van der Waals surface area contributed by atoms with Gasteiger partial charge in [-0.3, -0.25) is 4.79 Å². The number of likely N-dealkylation sites (N-methyl/N-ethyl adjacent to an activating group) is 1. The lowest BCUT2D eigenvalue weighted by Crippen LogP contribution is -2.19. The maximum atomic E-state index is 11.3. The third-order valence-corrected chi connectivity index (χ3v) is 2.92. The first kappa shape index (κ1) is 10.8. The average Bonchev–Trinajstić information content (AvgIpc) is 2.81. The molecule has 3 aromatic rings. The molecule has 2 aromatic carbocycles. The number of nitrogens with one attached hydrogen (secondary N) is 1. The van der Waals surface area contributed by atoms with Crippen LogP contribution < -0.4 is 5.32 Å². The molecule has 4 heteroatoms. The lowest BCUT2D eigenvalue weighted by Gasteiger charge is -1.95. The van der Waals surface area contributed by atoms with Crippen molar-refractivity contribution in [2.45, 2.75) is 6.42 Å². The summed E-state index contributed by atoms with van der Waals surface area (Å²) in [7, 11) is 1.60. The fourth-order valence-electron chi connectivity index (χ4n) is 2.01. The maximum Gasteiger partial charge on any atom is 0.229 e.